The molecule has 46 heavy (non-hydrogen) atoms. The third-order valence-electron chi connectivity index (χ3n) is 9.77. The number of anilines is 3. The molecule has 1 amide bonds. The smallest absolute Gasteiger partial charge is 0.258 e. The van der Waals surface area contributed by atoms with E-state index >= 15 is 0 Å². The minimum Gasteiger partial charge on any atom is -0.381 e. The molecule has 3 fully saturated rings. The van der Waals surface area contributed by atoms with Gasteiger partial charge in [0.2, 0.25) is 0 Å². The zero-order valence-electron chi connectivity index (χ0n) is 26.1. The molecule has 0 saturated carbocycles. The Kier molecular flexibility index (Phi) is 8.88. The Labute approximate surface area is 267 Å². The van der Waals surface area contributed by atoms with Crippen LogP contribution in [0, 0.1) is 17.6 Å². The predicted molar refractivity (Wildman–Crippen MR) is 177 cm³/mol. The van der Waals surface area contributed by atoms with E-state index in [0.717, 1.165) is 91.9 Å². The molecule has 1 atom stereocenters. The zero-order valence-corrected chi connectivity index (χ0v) is 26.1. The van der Waals surface area contributed by atoms with Gasteiger partial charge in [0, 0.05) is 87.4 Å². The van der Waals surface area contributed by atoms with Gasteiger partial charge in [-0.1, -0.05) is 6.07 Å². The van der Waals surface area contributed by atoms with Crippen molar-refractivity contribution in [2.24, 2.45) is 5.92 Å². The highest BCUT2D eigenvalue weighted by Gasteiger charge is 2.30. The minimum atomic E-state index is -0.609. The van der Waals surface area contributed by atoms with Gasteiger partial charge in [0.05, 0.1) is 11.1 Å². The van der Waals surface area contributed by atoms with E-state index < -0.39 is 11.6 Å². The van der Waals surface area contributed by atoms with Crippen LogP contribution in [-0.4, -0.2) is 85.6 Å². The average molecular weight is 630 g/mol. The molecule has 4 N–H and O–H groups in total. The topological polar surface area (TPSA) is 97.5 Å². The van der Waals surface area contributed by atoms with Crippen LogP contribution in [0.2, 0.25) is 0 Å². The van der Waals surface area contributed by atoms with E-state index in [4.69, 9.17) is 4.74 Å². The highest BCUT2D eigenvalue weighted by molar-refractivity contribution is 6.11. The zero-order chi connectivity index (χ0) is 31.6. The minimum absolute atomic E-state index is 0.214. The highest BCUT2D eigenvalue weighted by Crippen LogP contribution is 2.30. The molecule has 3 aliphatic rings. The van der Waals surface area contributed by atoms with Crippen molar-refractivity contribution in [2.45, 2.75) is 38.3 Å². The number of rotatable bonds is 9. The monoisotopic (exact) mass is 629 g/mol. The number of carbonyl (C=O) groups excluding carboxylic acids is 1. The molecule has 242 valence electrons. The molecule has 3 saturated heterocycles. The number of ether oxygens (including phenoxy) is 1. The summed E-state index contributed by atoms with van der Waals surface area (Å²) in [6.45, 7) is 9.87. The van der Waals surface area contributed by atoms with E-state index in [1.165, 1.54) is 12.1 Å². The molecule has 1 unspecified atom stereocenters. The molecule has 4 aromatic rings. The maximum Gasteiger partial charge on any atom is 0.258 e. The first-order valence-electron chi connectivity index (χ1n) is 16.3. The Balaban J connectivity index is 1.10. The lowest BCUT2D eigenvalue weighted by atomic mass is 9.93. The van der Waals surface area contributed by atoms with E-state index in [2.05, 4.69) is 48.9 Å². The van der Waals surface area contributed by atoms with Gasteiger partial charge < -0.3 is 25.6 Å². The van der Waals surface area contributed by atoms with Crippen LogP contribution in [0.3, 0.4) is 0 Å². The van der Waals surface area contributed by atoms with Gasteiger partial charge in [-0.15, -0.1) is 0 Å². The molecule has 11 heteroatoms. The second kappa shape index (κ2) is 13.4. The molecule has 0 radical (unpaired) electrons. The van der Waals surface area contributed by atoms with Crippen LogP contribution in [0.5, 0.6) is 0 Å². The van der Waals surface area contributed by atoms with Crippen LogP contribution in [0.25, 0.3) is 10.9 Å². The maximum absolute atomic E-state index is 13.8. The van der Waals surface area contributed by atoms with Crippen molar-refractivity contribution in [3.63, 3.8) is 0 Å². The van der Waals surface area contributed by atoms with E-state index in [1.54, 1.807) is 0 Å². The quantitative estimate of drug-likeness (QED) is 0.207. The number of piperazine rings is 1. The second-order valence-electron chi connectivity index (χ2n) is 12.8. The standard InChI is InChI=1S/C35H41F2N7O2/c1-22(25-20-38-21-25)43-8-10-44(11-9-43)29-3-4-30(33(19-29)39-28-6-12-46-13-7-28)35(45)40-34-31-17-23(2-5-32(31)41-42-34)14-24-15-26(36)18-27(37)16-24/h2-5,15-19,22,25,28,38-39H,6-14,20-21H2,1H3,(H2,40,41,42,45). The molecule has 0 bridgehead atoms. The van der Waals surface area contributed by atoms with Crippen LogP contribution in [0.4, 0.5) is 26.0 Å². The van der Waals surface area contributed by atoms with Crippen LogP contribution in [0.15, 0.2) is 54.6 Å². The number of aromatic nitrogens is 2. The van der Waals surface area contributed by atoms with Gasteiger partial charge in [-0.25, -0.2) is 8.78 Å². The number of halogens is 2. The summed E-state index contributed by atoms with van der Waals surface area (Å²) < 4.78 is 33.1. The summed E-state index contributed by atoms with van der Waals surface area (Å²) in [6, 6.07) is 16.0. The van der Waals surface area contributed by atoms with Crippen molar-refractivity contribution in [3.05, 3.63) is 82.9 Å². The van der Waals surface area contributed by atoms with E-state index in [9.17, 15) is 13.6 Å². The number of H-pyrrole nitrogens is 1. The first-order chi connectivity index (χ1) is 22.4. The van der Waals surface area contributed by atoms with Gasteiger partial charge in [-0.2, -0.15) is 5.10 Å². The average Bonchev–Trinajstić information content (AvgIpc) is 3.42. The summed E-state index contributed by atoms with van der Waals surface area (Å²) in [5.74, 6) is -0.347. The third kappa shape index (κ3) is 6.72. The van der Waals surface area contributed by atoms with Crippen molar-refractivity contribution in [1.82, 2.24) is 20.4 Å². The fourth-order valence-corrected chi connectivity index (χ4v) is 6.84. The van der Waals surface area contributed by atoms with Crippen LogP contribution in [-0.2, 0) is 11.2 Å². The number of benzene rings is 3. The molecule has 0 aliphatic carbocycles. The lowest BCUT2D eigenvalue weighted by Gasteiger charge is -2.44. The largest absolute Gasteiger partial charge is 0.381 e. The summed E-state index contributed by atoms with van der Waals surface area (Å²) in [5.41, 5.74) is 4.57. The fourth-order valence-electron chi connectivity index (χ4n) is 6.84. The highest BCUT2D eigenvalue weighted by atomic mass is 19.1. The molecule has 3 aromatic carbocycles. The van der Waals surface area contributed by atoms with Crippen LogP contribution in [0.1, 0.15) is 41.3 Å². The molecule has 0 spiro atoms. The fraction of sp³-hybridized carbons (Fsp3) is 0.429. The number of nitrogens with one attached hydrogen (secondary N) is 4. The Morgan fingerprint density at radius 2 is 1.74 bits per heavy atom. The molecule has 9 nitrogen and oxygen atoms in total. The summed E-state index contributed by atoms with van der Waals surface area (Å²) in [7, 11) is 0. The van der Waals surface area contributed by atoms with Crippen molar-refractivity contribution in [2.75, 3.05) is 68.0 Å². The van der Waals surface area contributed by atoms with Gasteiger partial charge >= 0.3 is 0 Å². The summed E-state index contributed by atoms with van der Waals surface area (Å²) in [6.07, 6.45) is 2.09. The summed E-state index contributed by atoms with van der Waals surface area (Å²) in [4.78, 5) is 18.8. The number of aromatic amines is 1. The molecular weight excluding hydrogens is 588 g/mol. The lowest BCUT2D eigenvalue weighted by Crippen LogP contribution is -2.57. The van der Waals surface area contributed by atoms with Gasteiger partial charge in [-0.3, -0.25) is 14.8 Å². The maximum atomic E-state index is 13.8. The van der Waals surface area contributed by atoms with E-state index in [1.807, 2.05) is 30.3 Å². The van der Waals surface area contributed by atoms with E-state index in [-0.39, 0.29) is 11.9 Å². The van der Waals surface area contributed by atoms with Crippen molar-refractivity contribution >= 4 is 34.0 Å². The molecule has 7 rings (SSSR count). The first kappa shape index (κ1) is 30.6. The van der Waals surface area contributed by atoms with Gasteiger partial charge in [-0.05, 0) is 85.7 Å². The molecule has 4 heterocycles. The van der Waals surface area contributed by atoms with Crippen molar-refractivity contribution in [3.8, 4) is 0 Å². The van der Waals surface area contributed by atoms with Gasteiger partial charge in [0.1, 0.15) is 11.6 Å². The van der Waals surface area contributed by atoms with Gasteiger partial charge in [0.25, 0.3) is 5.91 Å². The Hall–Kier alpha value is -4.06. The number of fused-ring (bicyclic) bond motifs is 1. The van der Waals surface area contributed by atoms with Crippen LogP contribution >= 0.6 is 0 Å². The van der Waals surface area contributed by atoms with Crippen LogP contribution < -0.4 is 20.9 Å². The lowest BCUT2D eigenvalue weighted by molar-refractivity contribution is 0.0904. The number of amides is 1. The van der Waals surface area contributed by atoms with Gasteiger partial charge in [0.15, 0.2) is 5.82 Å². The van der Waals surface area contributed by atoms with Crippen molar-refractivity contribution < 1.29 is 18.3 Å². The van der Waals surface area contributed by atoms with E-state index in [0.29, 0.717) is 42.6 Å². The Morgan fingerprint density at radius 1 is 0.978 bits per heavy atom. The Morgan fingerprint density at radius 3 is 2.46 bits per heavy atom. The normalized spacial score (nSPS) is 18.8. The molecular formula is C35H41F2N7O2. The summed E-state index contributed by atoms with van der Waals surface area (Å²) in [5, 5.41) is 18.2. The SMILES string of the molecule is CC(C1CNC1)N1CCN(c2ccc(C(=O)Nc3n[nH]c4ccc(Cc5cc(F)cc(F)c5)cc34)c(NC3CCOCC3)c2)CC1. The number of hydrogen-bond acceptors (Lipinski definition) is 7. The predicted octanol–water partition coefficient (Wildman–Crippen LogP) is 5.01. The number of nitrogens with zero attached hydrogens (tertiary/aromatic N) is 3. The molecule has 1 aromatic heterocycles. The number of hydrogen-bond donors (Lipinski definition) is 4. The summed E-state index contributed by atoms with van der Waals surface area (Å²) >= 11 is 0. The van der Waals surface area contributed by atoms with Crippen molar-refractivity contribution in [1.29, 1.82) is 0 Å². The third-order valence-corrected chi connectivity index (χ3v) is 9.77. The first-order valence-corrected chi connectivity index (χ1v) is 16.3. The Bertz CT molecular complexity index is 1670. The number of carbonyl (C=O) groups is 1. The second-order valence-corrected chi connectivity index (χ2v) is 12.8. The molecule has 3 aliphatic heterocycles.